The normalized spacial score (nSPS) is 20.7. The van der Waals surface area contributed by atoms with E-state index >= 15 is 0 Å². The van der Waals surface area contributed by atoms with Crippen molar-refractivity contribution >= 4 is 17.2 Å². The summed E-state index contributed by atoms with van der Waals surface area (Å²) in [5.41, 5.74) is 5.66. The van der Waals surface area contributed by atoms with Crippen molar-refractivity contribution in [3.63, 3.8) is 0 Å². The summed E-state index contributed by atoms with van der Waals surface area (Å²) in [6.07, 6.45) is 2.01. The molecule has 1 aliphatic rings. The highest BCUT2D eigenvalue weighted by molar-refractivity contribution is 7.80. The van der Waals surface area contributed by atoms with Gasteiger partial charge in [-0.25, -0.2) is 0 Å². The number of nitrogens with two attached hydrogens (primary N) is 1. The summed E-state index contributed by atoms with van der Waals surface area (Å²) < 4.78 is 0. The molecule has 17 heavy (non-hydrogen) atoms. The van der Waals surface area contributed by atoms with E-state index in [1.54, 1.807) is 0 Å². The highest BCUT2D eigenvalue weighted by atomic mass is 32.1. The van der Waals surface area contributed by atoms with E-state index in [4.69, 9.17) is 18.0 Å². The van der Waals surface area contributed by atoms with Crippen LogP contribution in [0.2, 0.25) is 0 Å². The summed E-state index contributed by atoms with van der Waals surface area (Å²) >= 11 is 5.03. The maximum atomic E-state index is 5.66. The van der Waals surface area contributed by atoms with Crippen LogP contribution < -0.4 is 5.73 Å². The summed E-state index contributed by atoms with van der Waals surface area (Å²) in [6, 6.07) is 0.550. The minimum Gasteiger partial charge on any atom is -0.393 e. The molecule has 1 fully saturated rings. The second-order valence-electron chi connectivity index (χ2n) is 5.46. The van der Waals surface area contributed by atoms with Crippen molar-refractivity contribution in [1.82, 2.24) is 9.80 Å². The maximum Gasteiger partial charge on any atom is 0.0743 e. The molecule has 1 aliphatic heterocycles. The van der Waals surface area contributed by atoms with Crippen LogP contribution in [-0.4, -0.2) is 53.6 Å². The largest absolute Gasteiger partial charge is 0.393 e. The van der Waals surface area contributed by atoms with E-state index in [1.165, 1.54) is 19.6 Å². The quantitative estimate of drug-likeness (QED) is 0.734. The zero-order valence-corrected chi connectivity index (χ0v) is 12.3. The van der Waals surface area contributed by atoms with Crippen molar-refractivity contribution in [2.45, 2.75) is 39.7 Å². The van der Waals surface area contributed by atoms with Gasteiger partial charge < -0.3 is 10.6 Å². The lowest BCUT2D eigenvalue weighted by atomic mass is 10.1. The van der Waals surface area contributed by atoms with Gasteiger partial charge >= 0.3 is 0 Å². The molecule has 0 bridgehead atoms. The van der Waals surface area contributed by atoms with Crippen LogP contribution >= 0.6 is 12.2 Å². The number of piperazine rings is 1. The molecular formula is C13H27N3S. The fourth-order valence-corrected chi connectivity index (χ4v) is 2.78. The van der Waals surface area contributed by atoms with Gasteiger partial charge in [0.05, 0.1) is 4.99 Å². The van der Waals surface area contributed by atoms with Gasteiger partial charge in [0.1, 0.15) is 0 Å². The molecule has 0 aromatic heterocycles. The third-order valence-electron chi connectivity index (χ3n) is 3.45. The zero-order chi connectivity index (χ0) is 12.8. The number of hydrogen-bond acceptors (Lipinski definition) is 3. The van der Waals surface area contributed by atoms with Gasteiger partial charge in [-0.1, -0.05) is 33.0 Å². The van der Waals surface area contributed by atoms with Crippen LogP contribution in [0.1, 0.15) is 33.6 Å². The van der Waals surface area contributed by atoms with Crippen LogP contribution in [0.25, 0.3) is 0 Å². The van der Waals surface area contributed by atoms with Gasteiger partial charge in [-0.15, -0.1) is 0 Å². The van der Waals surface area contributed by atoms with E-state index in [2.05, 4.69) is 30.6 Å². The molecule has 1 unspecified atom stereocenters. The summed E-state index contributed by atoms with van der Waals surface area (Å²) in [6.45, 7) is 12.7. The summed E-state index contributed by atoms with van der Waals surface area (Å²) in [5.74, 6) is 0.764. The van der Waals surface area contributed by atoms with Crippen molar-refractivity contribution in [2.24, 2.45) is 11.7 Å². The van der Waals surface area contributed by atoms with Gasteiger partial charge in [0.15, 0.2) is 0 Å². The third kappa shape index (κ3) is 5.32. The van der Waals surface area contributed by atoms with E-state index in [-0.39, 0.29) is 0 Å². The highest BCUT2D eigenvalue weighted by Gasteiger charge is 2.23. The van der Waals surface area contributed by atoms with Crippen molar-refractivity contribution < 1.29 is 0 Å². The molecule has 1 heterocycles. The van der Waals surface area contributed by atoms with Gasteiger partial charge in [0, 0.05) is 45.2 Å². The Morgan fingerprint density at radius 3 is 2.24 bits per heavy atom. The molecule has 1 rings (SSSR count). The van der Waals surface area contributed by atoms with Gasteiger partial charge in [0.25, 0.3) is 0 Å². The van der Waals surface area contributed by atoms with Gasteiger partial charge in [-0.05, 0) is 12.3 Å². The first-order valence-electron chi connectivity index (χ1n) is 6.77. The van der Waals surface area contributed by atoms with Gasteiger partial charge in [-0.2, -0.15) is 0 Å². The molecule has 0 saturated carbocycles. The van der Waals surface area contributed by atoms with E-state index in [0.29, 0.717) is 11.0 Å². The molecule has 0 aromatic carbocycles. The second kappa shape index (κ2) is 7.29. The topological polar surface area (TPSA) is 32.5 Å². The maximum absolute atomic E-state index is 5.66. The zero-order valence-electron chi connectivity index (χ0n) is 11.5. The molecule has 0 aromatic rings. The minimum absolute atomic E-state index is 0.550. The molecular weight excluding hydrogens is 230 g/mol. The Labute approximate surface area is 111 Å². The first kappa shape index (κ1) is 14.9. The Bertz CT molecular complexity index is 235. The first-order valence-corrected chi connectivity index (χ1v) is 7.18. The molecule has 4 heteroatoms. The predicted molar refractivity (Wildman–Crippen MR) is 78.3 cm³/mol. The summed E-state index contributed by atoms with van der Waals surface area (Å²) in [4.78, 5) is 5.77. The third-order valence-corrected chi connectivity index (χ3v) is 3.62. The van der Waals surface area contributed by atoms with Crippen LogP contribution in [0.4, 0.5) is 0 Å². The molecule has 1 saturated heterocycles. The SMILES string of the molecule is CCC(CC(N)=S)N1CCN(CC(C)C)CC1. The number of rotatable bonds is 6. The molecule has 0 radical (unpaired) electrons. The number of thiocarbonyl (C=S) groups is 1. The van der Waals surface area contributed by atoms with Crippen LogP contribution in [-0.2, 0) is 0 Å². The summed E-state index contributed by atoms with van der Waals surface area (Å²) in [5, 5.41) is 0. The van der Waals surface area contributed by atoms with Crippen LogP contribution in [0.3, 0.4) is 0 Å². The van der Waals surface area contributed by atoms with Crippen LogP contribution in [0.5, 0.6) is 0 Å². The molecule has 0 amide bonds. The van der Waals surface area contributed by atoms with E-state index in [1.807, 2.05) is 0 Å². The summed E-state index contributed by atoms with van der Waals surface area (Å²) in [7, 11) is 0. The van der Waals surface area contributed by atoms with Crippen molar-refractivity contribution in [1.29, 1.82) is 0 Å². The molecule has 100 valence electrons. The average molecular weight is 257 g/mol. The molecule has 1 atom stereocenters. The molecule has 3 nitrogen and oxygen atoms in total. The average Bonchev–Trinajstić information content (AvgIpc) is 2.26. The Morgan fingerprint density at radius 2 is 1.82 bits per heavy atom. The Balaban J connectivity index is 2.36. The fraction of sp³-hybridized carbons (Fsp3) is 0.923. The Hall–Kier alpha value is -0.190. The van der Waals surface area contributed by atoms with Crippen molar-refractivity contribution in [3.8, 4) is 0 Å². The van der Waals surface area contributed by atoms with E-state index < -0.39 is 0 Å². The van der Waals surface area contributed by atoms with Gasteiger partial charge in [0.2, 0.25) is 0 Å². The standard InChI is InChI=1S/C13H27N3S/c1-4-12(9-13(14)17)16-7-5-15(6-8-16)10-11(2)3/h11-12H,4-10H2,1-3H3,(H2,14,17). The minimum atomic E-state index is 0.550. The second-order valence-corrected chi connectivity index (χ2v) is 5.99. The lowest BCUT2D eigenvalue weighted by molar-refractivity contribution is 0.0895. The number of nitrogens with zero attached hydrogens (tertiary/aromatic N) is 2. The predicted octanol–water partition coefficient (Wildman–Crippen LogP) is 1.71. The van der Waals surface area contributed by atoms with Crippen LogP contribution in [0, 0.1) is 5.92 Å². The van der Waals surface area contributed by atoms with Crippen molar-refractivity contribution in [2.75, 3.05) is 32.7 Å². The lowest BCUT2D eigenvalue weighted by Crippen LogP contribution is -2.51. The number of hydrogen-bond donors (Lipinski definition) is 1. The first-order chi connectivity index (χ1) is 8.02. The Kier molecular flexibility index (Phi) is 6.38. The monoisotopic (exact) mass is 257 g/mol. The van der Waals surface area contributed by atoms with Gasteiger partial charge in [-0.3, -0.25) is 4.90 Å². The molecule has 0 spiro atoms. The van der Waals surface area contributed by atoms with Crippen LogP contribution in [0.15, 0.2) is 0 Å². The van der Waals surface area contributed by atoms with E-state index in [9.17, 15) is 0 Å². The Morgan fingerprint density at radius 1 is 1.24 bits per heavy atom. The van der Waals surface area contributed by atoms with Crippen molar-refractivity contribution in [3.05, 3.63) is 0 Å². The highest BCUT2D eigenvalue weighted by Crippen LogP contribution is 2.13. The van der Waals surface area contributed by atoms with E-state index in [0.717, 1.165) is 31.8 Å². The lowest BCUT2D eigenvalue weighted by Gasteiger charge is -2.39. The molecule has 2 N–H and O–H groups in total. The molecule has 0 aliphatic carbocycles. The fourth-order valence-electron chi connectivity index (χ4n) is 2.59. The smallest absolute Gasteiger partial charge is 0.0743 e.